The van der Waals surface area contributed by atoms with Crippen LogP contribution in [-0.2, 0) is 5.41 Å². The van der Waals surface area contributed by atoms with Gasteiger partial charge in [0, 0.05) is 18.5 Å². The van der Waals surface area contributed by atoms with Crippen molar-refractivity contribution in [2.75, 3.05) is 26.2 Å². The third-order valence-electron chi connectivity index (χ3n) is 5.74. The molecular formula is C21H27N3O2. The minimum absolute atomic E-state index is 0.0945. The number of furan rings is 1. The SMILES string of the molecule is O=C(NCC(c1ccco1)N1CCCC1)NCC1(c2ccccc2)CC1. The first-order chi connectivity index (χ1) is 12.8. The lowest BCUT2D eigenvalue weighted by Crippen LogP contribution is -2.43. The highest BCUT2D eigenvalue weighted by atomic mass is 16.3. The van der Waals surface area contributed by atoms with E-state index in [1.54, 1.807) is 6.26 Å². The molecule has 1 aromatic heterocycles. The number of carbonyl (C=O) groups is 1. The van der Waals surface area contributed by atoms with Crippen LogP contribution in [0.15, 0.2) is 53.1 Å². The van der Waals surface area contributed by atoms with Gasteiger partial charge in [0.1, 0.15) is 5.76 Å². The Morgan fingerprint density at radius 2 is 1.85 bits per heavy atom. The molecule has 26 heavy (non-hydrogen) atoms. The Balaban J connectivity index is 1.30. The topological polar surface area (TPSA) is 57.5 Å². The lowest BCUT2D eigenvalue weighted by molar-refractivity contribution is 0.203. The lowest BCUT2D eigenvalue weighted by Gasteiger charge is -2.26. The minimum Gasteiger partial charge on any atom is -0.468 e. The standard InChI is InChI=1S/C21H27N3O2/c25-20(23-16-21(10-11-21)17-7-2-1-3-8-17)22-15-18(19-9-6-14-26-19)24-12-4-5-13-24/h1-3,6-9,14,18H,4-5,10-13,15-16H2,(H2,22,23,25). The van der Waals surface area contributed by atoms with Crippen molar-refractivity contribution in [1.29, 1.82) is 0 Å². The maximum Gasteiger partial charge on any atom is 0.314 e. The van der Waals surface area contributed by atoms with Gasteiger partial charge in [-0.15, -0.1) is 0 Å². The molecule has 1 saturated carbocycles. The number of hydrogen-bond acceptors (Lipinski definition) is 3. The Morgan fingerprint density at radius 3 is 2.50 bits per heavy atom. The second-order valence-electron chi connectivity index (χ2n) is 7.48. The zero-order valence-electron chi connectivity index (χ0n) is 15.1. The van der Waals surface area contributed by atoms with Crippen LogP contribution in [0.4, 0.5) is 4.79 Å². The fourth-order valence-corrected chi connectivity index (χ4v) is 3.96. The summed E-state index contributed by atoms with van der Waals surface area (Å²) in [6.45, 7) is 3.38. The third kappa shape index (κ3) is 3.78. The lowest BCUT2D eigenvalue weighted by atomic mass is 9.96. The van der Waals surface area contributed by atoms with Crippen LogP contribution in [0.2, 0.25) is 0 Å². The molecular weight excluding hydrogens is 326 g/mol. The summed E-state index contributed by atoms with van der Waals surface area (Å²) < 4.78 is 5.61. The maximum atomic E-state index is 12.4. The summed E-state index contributed by atoms with van der Waals surface area (Å²) >= 11 is 0. The Kier molecular flexibility index (Phi) is 4.98. The average molecular weight is 353 g/mol. The molecule has 1 aromatic carbocycles. The van der Waals surface area contributed by atoms with E-state index in [9.17, 15) is 4.79 Å². The van der Waals surface area contributed by atoms with Crippen LogP contribution in [0.1, 0.15) is 43.0 Å². The van der Waals surface area contributed by atoms with E-state index in [1.807, 2.05) is 18.2 Å². The molecule has 5 nitrogen and oxygen atoms in total. The van der Waals surface area contributed by atoms with Crippen molar-refractivity contribution >= 4 is 6.03 Å². The van der Waals surface area contributed by atoms with Crippen LogP contribution >= 0.6 is 0 Å². The van der Waals surface area contributed by atoms with Gasteiger partial charge in [-0.3, -0.25) is 4.90 Å². The van der Waals surface area contributed by atoms with Crippen molar-refractivity contribution in [2.45, 2.75) is 37.1 Å². The molecule has 1 aliphatic carbocycles. The Morgan fingerprint density at radius 1 is 1.08 bits per heavy atom. The monoisotopic (exact) mass is 353 g/mol. The number of hydrogen-bond donors (Lipinski definition) is 2. The average Bonchev–Trinajstić information content (AvgIpc) is 3.05. The van der Waals surface area contributed by atoms with Gasteiger partial charge in [0.15, 0.2) is 0 Å². The number of amides is 2. The van der Waals surface area contributed by atoms with Crippen LogP contribution in [0.25, 0.3) is 0 Å². The molecule has 1 atom stereocenters. The van der Waals surface area contributed by atoms with Gasteiger partial charge in [-0.1, -0.05) is 30.3 Å². The zero-order valence-corrected chi connectivity index (χ0v) is 15.1. The van der Waals surface area contributed by atoms with Crippen LogP contribution in [0.3, 0.4) is 0 Å². The van der Waals surface area contributed by atoms with E-state index < -0.39 is 0 Å². The highest BCUT2D eigenvalue weighted by Crippen LogP contribution is 2.47. The summed E-state index contributed by atoms with van der Waals surface area (Å²) in [6.07, 6.45) is 6.40. The van der Waals surface area contributed by atoms with E-state index in [2.05, 4.69) is 39.8 Å². The van der Waals surface area contributed by atoms with Crippen LogP contribution in [0, 0.1) is 0 Å². The van der Waals surface area contributed by atoms with Gasteiger partial charge in [0.2, 0.25) is 0 Å². The second-order valence-corrected chi connectivity index (χ2v) is 7.48. The van der Waals surface area contributed by atoms with E-state index in [4.69, 9.17) is 4.42 Å². The predicted molar refractivity (Wildman–Crippen MR) is 101 cm³/mol. The van der Waals surface area contributed by atoms with Gasteiger partial charge in [0.25, 0.3) is 0 Å². The number of rotatable bonds is 7. The molecule has 2 aromatic rings. The van der Waals surface area contributed by atoms with Crippen LogP contribution in [-0.4, -0.2) is 37.1 Å². The Labute approximate surface area is 154 Å². The molecule has 1 unspecified atom stereocenters. The molecule has 0 spiro atoms. The fraction of sp³-hybridized carbons (Fsp3) is 0.476. The minimum atomic E-state index is -0.0945. The molecule has 4 rings (SSSR count). The van der Waals surface area contributed by atoms with E-state index in [0.29, 0.717) is 13.1 Å². The van der Waals surface area contributed by atoms with Gasteiger partial charge in [-0.25, -0.2) is 4.79 Å². The van der Waals surface area contributed by atoms with Crippen molar-refractivity contribution in [3.8, 4) is 0 Å². The predicted octanol–water partition coefficient (Wildman–Crippen LogP) is 3.45. The van der Waals surface area contributed by atoms with E-state index >= 15 is 0 Å². The number of benzene rings is 1. The van der Waals surface area contributed by atoms with E-state index in [0.717, 1.165) is 31.7 Å². The smallest absolute Gasteiger partial charge is 0.314 e. The zero-order chi connectivity index (χ0) is 17.8. The molecule has 2 fully saturated rings. The normalized spacial score (nSPS) is 19.8. The largest absolute Gasteiger partial charge is 0.468 e. The number of urea groups is 1. The summed E-state index contributed by atoms with van der Waals surface area (Å²) in [5, 5.41) is 6.12. The Bertz CT molecular complexity index is 704. The summed E-state index contributed by atoms with van der Waals surface area (Å²) in [5.74, 6) is 0.926. The molecule has 138 valence electrons. The fourth-order valence-electron chi connectivity index (χ4n) is 3.96. The Hall–Kier alpha value is -2.27. The highest BCUT2D eigenvalue weighted by molar-refractivity contribution is 5.74. The molecule has 2 heterocycles. The summed E-state index contributed by atoms with van der Waals surface area (Å²) in [7, 11) is 0. The molecule has 1 saturated heterocycles. The molecule has 1 aliphatic heterocycles. The first-order valence-corrected chi connectivity index (χ1v) is 9.62. The summed E-state index contributed by atoms with van der Waals surface area (Å²) in [4.78, 5) is 14.8. The molecule has 2 N–H and O–H groups in total. The van der Waals surface area contributed by atoms with Crippen molar-refractivity contribution in [3.05, 3.63) is 60.1 Å². The molecule has 2 amide bonds. The number of carbonyl (C=O) groups excluding carboxylic acids is 1. The van der Waals surface area contributed by atoms with Crippen molar-refractivity contribution < 1.29 is 9.21 Å². The summed E-state index contributed by atoms with van der Waals surface area (Å²) in [6, 6.07) is 14.4. The molecule has 0 radical (unpaired) electrons. The second kappa shape index (κ2) is 7.54. The highest BCUT2D eigenvalue weighted by Gasteiger charge is 2.44. The van der Waals surface area contributed by atoms with Crippen LogP contribution < -0.4 is 10.6 Å². The number of nitrogens with one attached hydrogen (secondary N) is 2. The first-order valence-electron chi connectivity index (χ1n) is 9.62. The first kappa shape index (κ1) is 17.2. The van der Waals surface area contributed by atoms with Gasteiger partial charge >= 0.3 is 6.03 Å². The maximum absolute atomic E-state index is 12.4. The third-order valence-corrected chi connectivity index (χ3v) is 5.74. The van der Waals surface area contributed by atoms with Crippen molar-refractivity contribution in [2.24, 2.45) is 0 Å². The molecule has 2 aliphatic rings. The van der Waals surface area contributed by atoms with Crippen molar-refractivity contribution in [3.63, 3.8) is 0 Å². The van der Waals surface area contributed by atoms with Gasteiger partial charge < -0.3 is 15.1 Å². The quantitative estimate of drug-likeness (QED) is 0.802. The van der Waals surface area contributed by atoms with Gasteiger partial charge in [-0.2, -0.15) is 0 Å². The van der Waals surface area contributed by atoms with Gasteiger partial charge in [0.05, 0.1) is 12.3 Å². The molecule has 0 bridgehead atoms. The summed E-state index contributed by atoms with van der Waals surface area (Å²) in [5.41, 5.74) is 1.46. The van der Waals surface area contributed by atoms with Crippen molar-refractivity contribution in [1.82, 2.24) is 15.5 Å². The molecule has 5 heteroatoms. The van der Waals surface area contributed by atoms with E-state index in [1.165, 1.54) is 18.4 Å². The number of likely N-dealkylation sites (tertiary alicyclic amines) is 1. The van der Waals surface area contributed by atoms with Crippen LogP contribution in [0.5, 0.6) is 0 Å². The van der Waals surface area contributed by atoms with E-state index in [-0.39, 0.29) is 17.5 Å². The number of nitrogens with zero attached hydrogens (tertiary/aromatic N) is 1. The van der Waals surface area contributed by atoms with Gasteiger partial charge in [-0.05, 0) is 56.5 Å².